The number of aliphatic hydroxyl groups is 1. The number of benzene rings is 1. The predicted octanol–water partition coefficient (Wildman–Crippen LogP) is -0.0422. The molecule has 0 aromatic heterocycles. The van der Waals surface area contributed by atoms with Crippen LogP contribution < -0.4 is 39.4 Å². The zero-order valence-electron chi connectivity index (χ0n) is 16.9. The van der Waals surface area contributed by atoms with Gasteiger partial charge in [-0.3, -0.25) is 0 Å². The van der Waals surface area contributed by atoms with Crippen LogP contribution in [-0.4, -0.2) is 23.8 Å². The summed E-state index contributed by atoms with van der Waals surface area (Å²) in [5.41, 5.74) is 2.35. The van der Waals surface area contributed by atoms with Crippen LogP contribution in [0.5, 0.6) is 5.75 Å². The van der Waals surface area contributed by atoms with E-state index in [1.807, 2.05) is 24.3 Å². The average Bonchev–Trinajstić information content (AvgIpc) is 2.99. The zero-order valence-corrected chi connectivity index (χ0v) is 18.9. The van der Waals surface area contributed by atoms with Crippen LogP contribution in [0.1, 0.15) is 63.4 Å². The summed E-state index contributed by atoms with van der Waals surface area (Å²) < 4.78 is 5.96. The fourth-order valence-corrected chi connectivity index (χ4v) is 4.41. The van der Waals surface area contributed by atoms with Gasteiger partial charge in [0.2, 0.25) is 0 Å². The number of carboxylic acids is 1. The summed E-state index contributed by atoms with van der Waals surface area (Å²) in [6.07, 6.45) is 8.32. The fraction of sp³-hybridized carbons (Fsp3) is 0.522. The van der Waals surface area contributed by atoms with Crippen LogP contribution >= 0.6 is 0 Å². The quantitative estimate of drug-likeness (QED) is 0.420. The molecule has 0 heterocycles. The summed E-state index contributed by atoms with van der Waals surface area (Å²) in [5, 5.41) is 20.8. The third-order valence-corrected chi connectivity index (χ3v) is 5.70. The van der Waals surface area contributed by atoms with Crippen LogP contribution in [0.3, 0.4) is 0 Å². The Bertz CT molecular complexity index is 759. The Hall–Kier alpha value is -1.25. The Labute approximate surface area is 189 Å². The van der Waals surface area contributed by atoms with Crippen molar-refractivity contribution in [1.82, 2.24) is 0 Å². The number of hydrogen-bond acceptors (Lipinski definition) is 4. The van der Waals surface area contributed by atoms with E-state index >= 15 is 0 Å². The second kappa shape index (κ2) is 10.5. The standard InChI is InChI=1S/C23H28O4.Na/c1-2-4-19(13-22(25)26)18-6-8-21(9-7-18)27-16-17-5-3-11-23(14-17)12-10-20(24)15-23;/h6-9,14,19-20,24H,3,5,10-13,15-16H2,1H3,(H,25,26);/q;+1/p-1/t19-,20-,23-;/m0./s1. The van der Waals surface area contributed by atoms with E-state index in [1.54, 1.807) is 6.92 Å². The Morgan fingerprint density at radius 1 is 1.36 bits per heavy atom. The number of carbonyl (C=O) groups excluding carboxylic acids is 1. The molecule has 0 aliphatic heterocycles. The Kier molecular flexibility index (Phi) is 8.64. The molecule has 144 valence electrons. The third-order valence-electron chi connectivity index (χ3n) is 5.70. The second-order valence-corrected chi connectivity index (χ2v) is 7.80. The molecule has 4 nitrogen and oxygen atoms in total. The van der Waals surface area contributed by atoms with Crippen LogP contribution in [0.25, 0.3) is 0 Å². The molecule has 3 rings (SSSR count). The number of hydrogen-bond donors (Lipinski definition) is 1. The van der Waals surface area contributed by atoms with Crippen molar-refractivity contribution in [2.24, 2.45) is 5.41 Å². The van der Waals surface area contributed by atoms with Gasteiger partial charge in [0, 0.05) is 12.4 Å². The van der Waals surface area contributed by atoms with E-state index in [1.165, 1.54) is 12.0 Å². The number of ether oxygens (including phenoxy) is 1. The average molecular weight is 390 g/mol. The van der Waals surface area contributed by atoms with E-state index in [0.717, 1.165) is 43.4 Å². The molecule has 1 aromatic rings. The molecular weight excluding hydrogens is 363 g/mol. The molecule has 1 N–H and O–H groups in total. The molecule has 1 saturated carbocycles. The Morgan fingerprint density at radius 2 is 2.11 bits per heavy atom. The van der Waals surface area contributed by atoms with E-state index in [0.29, 0.717) is 6.61 Å². The summed E-state index contributed by atoms with van der Waals surface area (Å²) in [6.45, 7) is 2.27. The molecule has 2 aliphatic carbocycles. The normalized spacial score (nSPS) is 24.5. The molecule has 0 radical (unpaired) electrons. The number of carboxylic acid groups (broad SMARTS) is 1. The predicted molar refractivity (Wildman–Crippen MR) is 102 cm³/mol. The topological polar surface area (TPSA) is 69.6 Å². The summed E-state index contributed by atoms with van der Waals surface area (Å²) >= 11 is 0. The van der Waals surface area contributed by atoms with E-state index in [9.17, 15) is 15.0 Å². The van der Waals surface area contributed by atoms with E-state index in [-0.39, 0.29) is 53.4 Å². The van der Waals surface area contributed by atoms with Gasteiger partial charge in [0.1, 0.15) is 12.4 Å². The molecule has 5 heteroatoms. The second-order valence-electron chi connectivity index (χ2n) is 7.80. The van der Waals surface area contributed by atoms with Crippen LogP contribution in [0.4, 0.5) is 0 Å². The summed E-state index contributed by atoms with van der Waals surface area (Å²) in [6, 6.07) is 7.48. The SMILES string of the molecule is CC#C[C@@H](CC(=O)[O-])c1ccc(OCC2=C[C@]3(CCC2)CC[C@H](O)C3)cc1.[Na+]. The van der Waals surface area contributed by atoms with Gasteiger partial charge in [-0.1, -0.05) is 24.1 Å². The maximum atomic E-state index is 10.9. The Morgan fingerprint density at radius 3 is 2.71 bits per heavy atom. The summed E-state index contributed by atoms with van der Waals surface area (Å²) in [4.78, 5) is 10.9. The van der Waals surface area contributed by atoms with E-state index in [2.05, 4.69) is 17.9 Å². The van der Waals surface area contributed by atoms with Gasteiger partial charge in [0.25, 0.3) is 0 Å². The van der Waals surface area contributed by atoms with Crippen molar-refractivity contribution in [3.8, 4) is 17.6 Å². The number of carbonyl (C=O) groups is 1. The van der Waals surface area contributed by atoms with Gasteiger partial charge in [0.05, 0.1) is 12.0 Å². The van der Waals surface area contributed by atoms with Crippen molar-refractivity contribution in [3.63, 3.8) is 0 Å². The fourth-order valence-electron chi connectivity index (χ4n) is 4.41. The molecule has 1 spiro atoms. The molecule has 3 atom stereocenters. The summed E-state index contributed by atoms with van der Waals surface area (Å²) in [7, 11) is 0. The minimum absolute atomic E-state index is 0. The van der Waals surface area contributed by atoms with Gasteiger partial charge in [-0.05, 0) is 74.1 Å². The molecule has 0 saturated heterocycles. The molecular formula is C23H27NaO4. The number of rotatable bonds is 6. The monoisotopic (exact) mass is 390 g/mol. The molecule has 0 unspecified atom stereocenters. The first-order valence-electron chi connectivity index (χ1n) is 9.73. The van der Waals surface area contributed by atoms with Gasteiger partial charge < -0.3 is 19.7 Å². The first kappa shape index (κ1) is 23.0. The molecule has 0 amide bonds. The third kappa shape index (κ3) is 6.12. The van der Waals surface area contributed by atoms with Crippen molar-refractivity contribution >= 4 is 5.97 Å². The molecule has 28 heavy (non-hydrogen) atoms. The first-order chi connectivity index (χ1) is 13.0. The van der Waals surface area contributed by atoms with Crippen molar-refractivity contribution in [1.29, 1.82) is 0 Å². The maximum absolute atomic E-state index is 10.9. The number of aliphatic hydroxyl groups excluding tert-OH is 1. The van der Waals surface area contributed by atoms with Crippen molar-refractivity contribution in [2.75, 3.05) is 6.61 Å². The largest absolute Gasteiger partial charge is 1.00 e. The van der Waals surface area contributed by atoms with Gasteiger partial charge in [-0.2, -0.15) is 0 Å². The van der Waals surface area contributed by atoms with Crippen LogP contribution in [0.2, 0.25) is 0 Å². The van der Waals surface area contributed by atoms with Crippen LogP contribution in [0, 0.1) is 17.3 Å². The van der Waals surface area contributed by atoms with Gasteiger partial charge in [0.15, 0.2) is 0 Å². The van der Waals surface area contributed by atoms with Crippen molar-refractivity contribution < 1.29 is 49.3 Å². The Balaban J connectivity index is 0.00000280. The van der Waals surface area contributed by atoms with Gasteiger partial charge in [-0.15, -0.1) is 5.92 Å². The molecule has 1 fully saturated rings. The number of aliphatic carboxylic acids is 1. The number of allylic oxidation sites excluding steroid dienone is 1. The first-order valence-corrected chi connectivity index (χ1v) is 9.73. The molecule has 2 aliphatic rings. The van der Waals surface area contributed by atoms with E-state index < -0.39 is 5.97 Å². The van der Waals surface area contributed by atoms with Crippen molar-refractivity contribution in [2.45, 2.75) is 63.9 Å². The zero-order chi connectivity index (χ0) is 19.3. The van der Waals surface area contributed by atoms with Crippen LogP contribution in [0.15, 0.2) is 35.9 Å². The minimum Gasteiger partial charge on any atom is -0.550 e. The minimum atomic E-state index is -1.10. The van der Waals surface area contributed by atoms with Crippen LogP contribution in [-0.2, 0) is 4.79 Å². The molecule has 0 bridgehead atoms. The molecule has 1 aromatic carbocycles. The summed E-state index contributed by atoms with van der Waals surface area (Å²) in [5.74, 6) is 5.02. The maximum Gasteiger partial charge on any atom is 1.00 e. The van der Waals surface area contributed by atoms with Gasteiger partial charge in [-0.25, -0.2) is 0 Å². The van der Waals surface area contributed by atoms with Crippen molar-refractivity contribution in [3.05, 3.63) is 41.5 Å². The van der Waals surface area contributed by atoms with Gasteiger partial charge >= 0.3 is 29.6 Å². The van der Waals surface area contributed by atoms with E-state index in [4.69, 9.17) is 4.74 Å². The smallest absolute Gasteiger partial charge is 0.550 e.